The summed E-state index contributed by atoms with van der Waals surface area (Å²) in [6.07, 6.45) is 0. The predicted molar refractivity (Wildman–Crippen MR) is 151 cm³/mol. The van der Waals surface area contributed by atoms with Gasteiger partial charge in [-0.25, -0.2) is 4.79 Å². The van der Waals surface area contributed by atoms with Crippen LogP contribution in [0.15, 0.2) is 127 Å². The van der Waals surface area contributed by atoms with Gasteiger partial charge in [0.25, 0.3) is 0 Å². The van der Waals surface area contributed by atoms with E-state index in [1.807, 2.05) is 115 Å². The van der Waals surface area contributed by atoms with Gasteiger partial charge in [-0.1, -0.05) is 103 Å². The second kappa shape index (κ2) is 12.5. The highest BCUT2D eigenvalue weighted by Crippen LogP contribution is 2.37. The number of hydrogen-bond acceptors (Lipinski definition) is 4. The van der Waals surface area contributed by atoms with Crippen LogP contribution < -0.4 is 14.2 Å². The quantitative estimate of drug-likeness (QED) is 0.194. The lowest BCUT2D eigenvalue weighted by Gasteiger charge is -2.17. The summed E-state index contributed by atoms with van der Waals surface area (Å²) in [5.74, 6) is 0.299. The first-order valence-electron chi connectivity index (χ1n) is 12.7. The summed E-state index contributed by atoms with van der Waals surface area (Å²) in [6, 6.07) is 40.1. The number of carboxylic acids is 1. The van der Waals surface area contributed by atoms with Crippen LogP contribution >= 0.6 is 0 Å². The molecule has 39 heavy (non-hydrogen) atoms. The summed E-state index contributed by atoms with van der Waals surface area (Å²) < 4.78 is 18.2. The third-order valence-corrected chi connectivity index (χ3v) is 6.17. The molecule has 5 aromatic rings. The molecular formula is C34H28O5. The van der Waals surface area contributed by atoms with Gasteiger partial charge in [0, 0.05) is 11.6 Å². The van der Waals surface area contributed by atoms with E-state index in [-0.39, 0.29) is 17.9 Å². The van der Waals surface area contributed by atoms with E-state index >= 15 is 0 Å². The molecule has 0 heterocycles. The van der Waals surface area contributed by atoms with Crippen molar-refractivity contribution in [2.24, 2.45) is 0 Å². The molecule has 0 fully saturated rings. The number of carbonyl (C=O) groups is 1. The Morgan fingerprint density at radius 3 is 1.59 bits per heavy atom. The Bertz CT molecular complexity index is 1520. The molecule has 0 aliphatic carbocycles. The Balaban J connectivity index is 1.49. The van der Waals surface area contributed by atoms with Crippen molar-refractivity contribution in [3.8, 4) is 28.4 Å². The summed E-state index contributed by atoms with van der Waals surface area (Å²) in [7, 11) is 0. The molecule has 0 amide bonds. The second-order valence-corrected chi connectivity index (χ2v) is 9.00. The fraction of sp³-hybridized carbons (Fsp3) is 0.0882. The Morgan fingerprint density at radius 2 is 1.05 bits per heavy atom. The lowest BCUT2D eigenvalue weighted by Crippen LogP contribution is -2.07. The minimum absolute atomic E-state index is 0.0678. The van der Waals surface area contributed by atoms with Crippen molar-refractivity contribution in [1.29, 1.82) is 0 Å². The maximum atomic E-state index is 12.6. The van der Waals surface area contributed by atoms with Gasteiger partial charge in [0.2, 0.25) is 0 Å². The Hall–Kier alpha value is -5.03. The Kier molecular flexibility index (Phi) is 8.19. The smallest absolute Gasteiger partial charge is 0.340 e. The average molecular weight is 517 g/mol. The van der Waals surface area contributed by atoms with Crippen molar-refractivity contribution in [3.05, 3.63) is 150 Å². The van der Waals surface area contributed by atoms with Gasteiger partial charge in [0.1, 0.15) is 42.6 Å². The molecule has 0 spiro atoms. The van der Waals surface area contributed by atoms with Gasteiger partial charge in [-0.05, 0) is 40.5 Å². The summed E-state index contributed by atoms with van der Waals surface area (Å²) in [5.41, 5.74) is 4.22. The number of ether oxygens (including phenoxy) is 3. The topological polar surface area (TPSA) is 65.0 Å². The van der Waals surface area contributed by atoms with Gasteiger partial charge >= 0.3 is 5.97 Å². The molecule has 0 atom stereocenters. The van der Waals surface area contributed by atoms with Crippen LogP contribution in [0, 0.1) is 0 Å². The van der Waals surface area contributed by atoms with Crippen molar-refractivity contribution in [1.82, 2.24) is 0 Å². The predicted octanol–water partition coefficient (Wildman–Crippen LogP) is 7.79. The first-order chi connectivity index (χ1) is 19.2. The summed E-state index contributed by atoms with van der Waals surface area (Å²) in [5, 5.41) is 10.3. The molecule has 0 aromatic heterocycles. The zero-order valence-corrected chi connectivity index (χ0v) is 21.3. The van der Waals surface area contributed by atoms with Crippen molar-refractivity contribution in [2.75, 3.05) is 0 Å². The van der Waals surface area contributed by atoms with Crippen molar-refractivity contribution >= 4 is 5.97 Å². The fourth-order valence-electron chi connectivity index (χ4n) is 4.21. The number of carboxylic acid groups (broad SMARTS) is 1. The highest BCUT2D eigenvalue weighted by atomic mass is 16.5. The maximum absolute atomic E-state index is 12.6. The average Bonchev–Trinajstić information content (AvgIpc) is 2.99. The monoisotopic (exact) mass is 516 g/mol. The molecular weight excluding hydrogens is 488 g/mol. The molecule has 0 unspecified atom stereocenters. The number of benzene rings is 5. The van der Waals surface area contributed by atoms with Crippen LogP contribution in [0.3, 0.4) is 0 Å². The van der Waals surface area contributed by atoms with Crippen LogP contribution in [-0.4, -0.2) is 11.1 Å². The van der Waals surface area contributed by atoms with E-state index < -0.39 is 5.97 Å². The minimum atomic E-state index is -1.08. The summed E-state index contributed by atoms with van der Waals surface area (Å²) in [4.78, 5) is 12.6. The molecule has 0 radical (unpaired) electrons. The summed E-state index contributed by atoms with van der Waals surface area (Å²) in [6.45, 7) is 0.968. The standard InChI is InChI=1S/C34H28O5/c35-34(36)33-31(28-17-10-18-29(19-28)37-22-25-11-4-1-5-12-25)20-30(38-23-26-13-6-2-7-14-26)21-32(33)39-24-27-15-8-3-9-16-27/h1-21H,22-24H2,(H,35,36). The largest absolute Gasteiger partial charge is 0.489 e. The molecule has 5 nitrogen and oxygen atoms in total. The molecule has 0 saturated carbocycles. The third kappa shape index (κ3) is 6.84. The van der Waals surface area contributed by atoms with Gasteiger partial charge in [-0.15, -0.1) is 0 Å². The fourth-order valence-corrected chi connectivity index (χ4v) is 4.21. The zero-order chi connectivity index (χ0) is 26.9. The molecule has 5 rings (SSSR count). The first kappa shape index (κ1) is 25.6. The second-order valence-electron chi connectivity index (χ2n) is 9.00. The maximum Gasteiger partial charge on any atom is 0.340 e. The highest BCUT2D eigenvalue weighted by molar-refractivity contribution is 5.99. The van der Waals surface area contributed by atoms with Crippen LogP contribution in [-0.2, 0) is 19.8 Å². The van der Waals surface area contributed by atoms with Crippen molar-refractivity contribution < 1.29 is 24.1 Å². The van der Waals surface area contributed by atoms with Gasteiger partial charge in [-0.3, -0.25) is 0 Å². The van der Waals surface area contributed by atoms with E-state index in [2.05, 4.69) is 0 Å². The van der Waals surface area contributed by atoms with Crippen LogP contribution in [0.25, 0.3) is 11.1 Å². The number of aromatic carboxylic acids is 1. The first-order valence-corrected chi connectivity index (χ1v) is 12.7. The van der Waals surface area contributed by atoms with E-state index in [0.29, 0.717) is 35.8 Å². The lowest BCUT2D eigenvalue weighted by molar-refractivity contribution is 0.0692. The van der Waals surface area contributed by atoms with Gasteiger partial charge in [-0.2, -0.15) is 0 Å². The molecule has 194 valence electrons. The van der Waals surface area contributed by atoms with Crippen LogP contribution in [0.4, 0.5) is 0 Å². The molecule has 5 heteroatoms. The zero-order valence-electron chi connectivity index (χ0n) is 21.3. The van der Waals surface area contributed by atoms with Crippen LogP contribution in [0.5, 0.6) is 17.2 Å². The third-order valence-electron chi connectivity index (χ3n) is 6.17. The van der Waals surface area contributed by atoms with Gasteiger partial charge < -0.3 is 19.3 Å². The van der Waals surface area contributed by atoms with Crippen molar-refractivity contribution in [3.63, 3.8) is 0 Å². The van der Waals surface area contributed by atoms with Gasteiger partial charge in [0.15, 0.2) is 0 Å². The minimum Gasteiger partial charge on any atom is -0.489 e. The van der Waals surface area contributed by atoms with E-state index in [1.54, 1.807) is 12.1 Å². The van der Waals surface area contributed by atoms with E-state index in [1.165, 1.54) is 0 Å². The molecule has 0 saturated heterocycles. The van der Waals surface area contributed by atoms with Crippen molar-refractivity contribution in [2.45, 2.75) is 19.8 Å². The lowest BCUT2D eigenvalue weighted by atomic mass is 9.98. The van der Waals surface area contributed by atoms with E-state index in [9.17, 15) is 9.90 Å². The molecule has 1 N–H and O–H groups in total. The normalized spacial score (nSPS) is 10.6. The van der Waals surface area contributed by atoms with Crippen LogP contribution in [0.1, 0.15) is 27.0 Å². The Labute approximate surface area is 227 Å². The SMILES string of the molecule is O=C(O)c1c(OCc2ccccc2)cc(OCc2ccccc2)cc1-c1cccc(OCc2ccccc2)c1. The molecule has 5 aromatic carbocycles. The van der Waals surface area contributed by atoms with Crippen LogP contribution in [0.2, 0.25) is 0 Å². The number of rotatable bonds is 11. The molecule has 0 aliphatic heterocycles. The summed E-state index contributed by atoms with van der Waals surface area (Å²) >= 11 is 0. The molecule has 0 aliphatic rings. The molecule has 0 bridgehead atoms. The number of hydrogen-bond donors (Lipinski definition) is 1. The van der Waals surface area contributed by atoms with E-state index in [0.717, 1.165) is 16.7 Å². The van der Waals surface area contributed by atoms with Gasteiger partial charge in [0.05, 0.1) is 0 Å². The highest BCUT2D eigenvalue weighted by Gasteiger charge is 2.21. The Morgan fingerprint density at radius 1 is 0.538 bits per heavy atom. The van der Waals surface area contributed by atoms with E-state index in [4.69, 9.17) is 14.2 Å².